The van der Waals surface area contributed by atoms with Crippen LogP contribution in [0.5, 0.6) is 5.75 Å². The number of ether oxygens (including phenoxy) is 1. The van der Waals surface area contributed by atoms with E-state index in [4.69, 9.17) is 10.5 Å². The first kappa shape index (κ1) is 15.5. The fourth-order valence-corrected chi connectivity index (χ4v) is 2.41. The average molecular weight is 351 g/mol. The second kappa shape index (κ2) is 6.69. The number of nitro groups is 1. The second-order valence-corrected chi connectivity index (χ2v) is 5.50. The highest BCUT2D eigenvalue weighted by Crippen LogP contribution is 2.28. The SMILES string of the molecule is Cc1cccc(CN)c1OCc1ccc(Br)cc1[N+](=O)[O-]. The van der Waals surface area contributed by atoms with Crippen molar-refractivity contribution in [2.75, 3.05) is 0 Å². The minimum absolute atomic E-state index is 0.0345. The van der Waals surface area contributed by atoms with Gasteiger partial charge in [-0.1, -0.05) is 34.1 Å². The molecule has 2 aromatic carbocycles. The van der Waals surface area contributed by atoms with E-state index in [1.54, 1.807) is 12.1 Å². The number of benzene rings is 2. The molecule has 21 heavy (non-hydrogen) atoms. The number of halogens is 1. The first-order valence-electron chi connectivity index (χ1n) is 6.37. The third kappa shape index (κ3) is 3.59. The van der Waals surface area contributed by atoms with Crippen LogP contribution >= 0.6 is 15.9 Å². The monoisotopic (exact) mass is 350 g/mol. The van der Waals surface area contributed by atoms with Crippen LogP contribution < -0.4 is 10.5 Å². The Morgan fingerprint density at radius 1 is 1.29 bits per heavy atom. The molecule has 0 spiro atoms. The molecule has 5 nitrogen and oxygen atoms in total. The molecule has 0 fully saturated rings. The third-order valence-corrected chi connectivity index (χ3v) is 3.62. The summed E-state index contributed by atoms with van der Waals surface area (Å²) in [5, 5.41) is 11.1. The smallest absolute Gasteiger partial charge is 0.277 e. The zero-order chi connectivity index (χ0) is 15.4. The molecule has 0 aromatic heterocycles. The summed E-state index contributed by atoms with van der Waals surface area (Å²) in [6, 6.07) is 10.6. The summed E-state index contributed by atoms with van der Waals surface area (Å²) in [4.78, 5) is 10.7. The highest BCUT2D eigenvalue weighted by molar-refractivity contribution is 9.10. The Hall–Kier alpha value is -1.92. The van der Waals surface area contributed by atoms with E-state index >= 15 is 0 Å². The zero-order valence-corrected chi connectivity index (χ0v) is 13.1. The van der Waals surface area contributed by atoms with Crippen LogP contribution in [-0.4, -0.2) is 4.92 Å². The highest BCUT2D eigenvalue weighted by atomic mass is 79.9. The minimum Gasteiger partial charge on any atom is -0.488 e. The number of para-hydroxylation sites is 1. The van der Waals surface area contributed by atoms with Gasteiger partial charge >= 0.3 is 0 Å². The molecule has 0 heterocycles. The molecular weight excluding hydrogens is 336 g/mol. The summed E-state index contributed by atoms with van der Waals surface area (Å²) < 4.78 is 6.44. The third-order valence-electron chi connectivity index (χ3n) is 3.13. The van der Waals surface area contributed by atoms with Gasteiger partial charge in [0, 0.05) is 22.6 Å². The van der Waals surface area contributed by atoms with E-state index in [1.807, 2.05) is 25.1 Å². The Labute approximate surface area is 131 Å². The van der Waals surface area contributed by atoms with E-state index in [0.29, 0.717) is 22.3 Å². The number of aryl methyl sites for hydroxylation is 1. The molecule has 0 aliphatic heterocycles. The van der Waals surface area contributed by atoms with Crippen molar-refractivity contribution in [2.24, 2.45) is 5.73 Å². The van der Waals surface area contributed by atoms with E-state index < -0.39 is 4.92 Å². The van der Waals surface area contributed by atoms with Crippen molar-refractivity contribution in [2.45, 2.75) is 20.1 Å². The lowest BCUT2D eigenvalue weighted by molar-refractivity contribution is -0.385. The summed E-state index contributed by atoms with van der Waals surface area (Å²) in [6.45, 7) is 2.41. The molecule has 0 radical (unpaired) electrons. The Balaban J connectivity index is 2.27. The van der Waals surface area contributed by atoms with Gasteiger partial charge in [0.05, 0.1) is 10.5 Å². The molecule has 0 bridgehead atoms. The summed E-state index contributed by atoms with van der Waals surface area (Å²) in [7, 11) is 0. The Kier molecular flexibility index (Phi) is 4.93. The van der Waals surface area contributed by atoms with Crippen LogP contribution in [0.2, 0.25) is 0 Å². The second-order valence-electron chi connectivity index (χ2n) is 4.59. The van der Waals surface area contributed by atoms with E-state index in [9.17, 15) is 10.1 Å². The fourth-order valence-electron chi connectivity index (χ4n) is 2.06. The van der Waals surface area contributed by atoms with E-state index in [0.717, 1.165) is 11.1 Å². The molecule has 0 aliphatic rings. The maximum Gasteiger partial charge on any atom is 0.277 e. The van der Waals surface area contributed by atoms with Crippen molar-refractivity contribution in [1.29, 1.82) is 0 Å². The van der Waals surface area contributed by atoms with Crippen molar-refractivity contribution in [3.8, 4) is 5.75 Å². The average Bonchev–Trinajstić information content (AvgIpc) is 2.46. The molecule has 2 aromatic rings. The maximum atomic E-state index is 11.1. The Bertz CT molecular complexity index is 674. The van der Waals surface area contributed by atoms with Crippen molar-refractivity contribution in [1.82, 2.24) is 0 Å². The molecule has 2 N–H and O–H groups in total. The predicted octanol–water partition coefficient (Wildman–Crippen LogP) is 3.70. The van der Waals surface area contributed by atoms with Gasteiger partial charge in [-0.05, 0) is 24.6 Å². The molecule has 0 aliphatic carbocycles. The largest absolute Gasteiger partial charge is 0.488 e. The maximum absolute atomic E-state index is 11.1. The van der Waals surface area contributed by atoms with Gasteiger partial charge in [0.2, 0.25) is 0 Å². The van der Waals surface area contributed by atoms with E-state index in [-0.39, 0.29) is 12.3 Å². The number of rotatable bonds is 5. The summed E-state index contributed by atoms with van der Waals surface area (Å²) in [5.41, 5.74) is 8.09. The van der Waals surface area contributed by atoms with E-state index in [2.05, 4.69) is 15.9 Å². The number of hydrogen-bond acceptors (Lipinski definition) is 4. The van der Waals surface area contributed by atoms with Crippen molar-refractivity contribution in [3.63, 3.8) is 0 Å². The van der Waals surface area contributed by atoms with Crippen molar-refractivity contribution >= 4 is 21.6 Å². The highest BCUT2D eigenvalue weighted by Gasteiger charge is 2.15. The van der Waals surface area contributed by atoms with Crippen LogP contribution in [0.1, 0.15) is 16.7 Å². The molecule has 0 amide bonds. The van der Waals surface area contributed by atoms with Crippen LogP contribution in [0.15, 0.2) is 40.9 Å². The first-order valence-corrected chi connectivity index (χ1v) is 7.16. The molecule has 0 unspecified atom stereocenters. The molecule has 0 atom stereocenters. The number of nitrogens with zero attached hydrogens (tertiary/aromatic N) is 1. The van der Waals surface area contributed by atoms with E-state index in [1.165, 1.54) is 6.07 Å². The van der Waals surface area contributed by atoms with Gasteiger partial charge < -0.3 is 10.5 Å². The molecule has 0 saturated heterocycles. The number of nitrogens with two attached hydrogens (primary N) is 1. The Morgan fingerprint density at radius 3 is 2.71 bits per heavy atom. The zero-order valence-electron chi connectivity index (χ0n) is 11.5. The van der Waals surface area contributed by atoms with Gasteiger partial charge in [0.15, 0.2) is 0 Å². The van der Waals surface area contributed by atoms with Gasteiger partial charge in [-0.2, -0.15) is 0 Å². The van der Waals surface area contributed by atoms with Crippen LogP contribution in [-0.2, 0) is 13.2 Å². The van der Waals surface area contributed by atoms with Gasteiger partial charge in [-0.3, -0.25) is 10.1 Å². The molecule has 110 valence electrons. The summed E-state index contributed by atoms with van der Waals surface area (Å²) in [6.07, 6.45) is 0. The summed E-state index contributed by atoms with van der Waals surface area (Å²) in [5.74, 6) is 0.692. The van der Waals surface area contributed by atoms with Crippen molar-refractivity contribution < 1.29 is 9.66 Å². The predicted molar refractivity (Wildman–Crippen MR) is 84.2 cm³/mol. The van der Waals surface area contributed by atoms with Crippen LogP contribution in [0, 0.1) is 17.0 Å². The van der Waals surface area contributed by atoms with Crippen LogP contribution in [0.3, 0.4) is 0 Å². The lowest BCUT2D eigenvalue weighted by Gasteiger charge is -2.13. The Morgan fingerprint density at radius 2 is 2.05 bits per heavy atom. The van der Waals surface area contributed by atoms with Crippen molar-refractivity contribution in [3.05, 3.63) is 67.7 Å². The van der Waals surface area contributed by atoms with Crippen LogP contribution in [0.25, 0.3) is 0 Å². The molecular formula is C15H15BrN2O3. The molecule has 2 rings (SSSR count). The number of hydrogen-bond donors (Lipinski definition) is 1. The van der Waals surface area contributed by atoms with Gasteiger partial charge in [-0.15, -0.1) is 0 Å². The molecule has 0 saturated carbocycles. The number of nitro benzene ring substituents is 1. The minimum atomic E-state index is -0.412. The fraction of sp³-hybridized carbons (Fsp3) is 0.200. The standard InChI is InChI=1S/C15H15BrN2O3/c1-10-3-2-4-11(8-17)15(10)21-9-12-5-6-13(16)7-14(12)18(19)20/h2-7H,8-9,17H2,1H3. The lowest BCUT2D eigenvalue weighted by Crippen LogP contribution is -2.05. The van der Waals surface area contributed by atoms with Gasteiger partial charge in [0.25, 0.3) is 5.69 Å². The normalized spacial score (nSPS) is 10.4. The first-order chi connectivity index (χ1) is 10.0. The molecule has 6 heteroatoms. The quantitative estimate of drug-likeness (QED) is 0.658. The lowest BCUT2D eigenvalue weighted by atomic mass is 10.1. The van der Waals surface area contributed by atoms with Gasteiger partial charge in [0.1, 0.15) is 12.4 Å². The topological polar surface area (TPSA) is 78.4 Å². The van der Waals surface area contributed by atoms with Crippen LogP contribution in [0.4, 0.5) is 5.69 Å². The summed E-state index contributed by atoms with van der Waals surface area (Å²) >= 11 is 3.23. The van der Waals surface area contributed by atoms with Gasteiger partial charge in [-0.25, -0.2) is 0 Å².